The van der Waals surface area contributed by atoms with Gasteiger partial charge in [0.1, 0.15) is 5.60 Å². The van der Waals surface area contributed by atoms with Crippen molar-refractivity contribution in [3.05, 3.63) is 22.6 Å². The first-order valence-corrected chi connectivity index (χ1v) is 5.61. The summed E-state index contributed by atoms with van der Waals surface area (Å²) in [5.41, 5.74) is 7.71. The van der Waals surface area contributed by atoms with Gasteiger partial charge in [0.2, 0.25) is 0 Å². The van der Waals surface area contributed by atoms with E-state index >= 15 is 0 Å². The normalized spacial score (nSPS) is 19.0. The van der Waals surface area contributed by atoms with Crippen molar-refractivity contribution in [1.29, 1.82) is 0 Å². The molecule has 17 heavy (non-hydrogen) atoms. The molecule has 0 N–H and O–H groups in total. The summed E-state index contributed by atoms with van der Waals surface area (Å²) in [4.78, 5) is 16.2. The predicted molar refractivity (Wildman–Crippen MR) is 64.5 cm³/mol. The van der Waals surface area contributed by atoms with Crippen molar-refractivity contribution in [2.24, 2.45) is 5.11 Å². The Hall–Kier alpha value is -1.68. The van der Waals surface area contributed by atoms with E-state index in [1.54, 1.807) is 4.90 Å². The highest BCUT2D eigenvalue weighted by molar-refractivity contribution is 5.69. The lowest BCUT2D eigenvalue weighted by Crippen LogP contribution is -2.40. The van der Waals surface area contributed by atoms with E-state index in [-0.39, 0.29) is 12.1 Å². The summed E-state index contributed by atoms with van der Waals surface area (Å²) in [7, 11) is 0. The Morgan fingerprint density at radius 1 is 1.65 bits per heavy atom. The van der Waals surface area contributed by atoms with Gasteiger partial charge in [-0.25, -0.2) is 4.79 Å². The summed E-state index contributed by atoms with van der Waals surface area (Å²) in [6, 6.07) is -0.0321. The summed E-state index contributed by atoms with van der Waals surface area (Å²) in [5, 5.41) is 3.47. The smallest absolute Gasteiger partial charge is 0.411 e. The molecule has 6 nitrogen and oxygen atoms in total. The molecule has 1 atom stereocenters. The minimum atomic E-state index is -0.491. The maximum atomic E-state index is 11.9. The molecule has 0 spiro atoms. The van der Waals surface area contributed by atoms with Crippen LogP contribution < -0.4 is 0 Å². The van der Waals surface area contributed by atoms with Crippen LogP contribution in [0.2, 0.25) is 0 Å². The van der Waals surface area contributed by atoms with Crippen LogP contribution in [0.1, 0.15) is 27.2 Å². The quantitative estimate of drug-likeness (QED) is 0.328. The Kier molecular flexibility index (Phi) is 4.40. The second-order valence-electron chi connectivity index (χ2n) is 4.87. The molecule has 0 aliphatic carbocycles. The summed E-state index contributed by atoms with van der Waals surface area (Å²) < 4.78 is 5.30. The number of carbonyl (C=O) groups is 1. The van der Waals surface area contributed by atoms with Crippen molar-refractivity contribution < 1.29 is 9.53 Å². The number of amides is 1. The average molecular weight is 238 g/mol. The summed E-state index contributed by atoms with van der Waals surface area (Å²) in [6.07, 6.45) is 4.16. The van der Waals surface area contributed by atoms with Crippen LogP contribution in [0, 0.1) is 0 Å². The van der Waals surface area contributed by atoms with Crippen LogP contribution in [-0.2, 0) is 4.74 Å². The molecule has 1 unspecified atom stereocenters. The van der Waals surface area contributed by atoms with E-state index in [9.17, 15) is 4.79 Å². The fourth-order valence-electron chi connectivity index (χ4n) is 1.59. The molecule has 0 bridgehead atoms. The van der Waals surface area contributed by atoms with Gasteiger partial charge in [-0.3, -0.25) is 4.90 Å². The van der Waals surface area contributed by atoms with E-state index < -0.39 is 5.60 Å². The summed E-state index contributed by atoms with van der Waals surface area (Å²) in [6.45, 7) is 6.44. The van der Waals surface area contributed by atoms with Gasteiger partial charge < -0.3 is 4.74 Å². The Morgan fingerprint density at radius 2 is 2.35 bits per heavy atom. The molecular weight excluding hydrogens is 220 g/mol. The predicted octanol–water partition coefficient (Wildman–Crippen LogP) is 2.86. The number of nitrogens with zero attached hydrogens (tertiary/aromatic N) is 4. The summed E-state index contributed by atoms with van der Waals surface area (Å²) >= 11 is 0. The first-order chi connectivity index (χ1) is 7.94. The highest BCUT2D eigenvalue weighted by Crippen LogP contribution is 2.18. The largest absolute Gasteiger partial charge is 0.444 e. The van der Waals surface area contributed by atoms with E-state index in [2.05, 4.69) is 10.0 Å². The Balaban J connectivity index is 2.52. The third kappa shape index (κ3) is 4.36. The molecule has 1 aliphatic heterocycles. The van der Waals surface area contributed by atoms with Crippen LogP contribution in [0.5, 0.6) is 0 Å². The number of ether oxygens (including phenoxy) is 1. The van der Waals surface area contributed by atoms with Gasteiger partial charge in [-0.05, 0) is 32.7 Å². The molecule has 0 radical (unpaired) electrons. The van der Waals surface area contributed by atoms with Crippen LogP contribution in [-0.4, -0.2) is 35.7 Å². The van der Waals surface area contributed by atoms with Gasteiger partial charge in [0.05, 0.1) is 6.04 Å². The Bertz CT molecular complexity index is 353. The maximum Gasteiger partial charge on any atom is 0.411 e. The Morgan fingerprint density at radius 3 is 2.94 bits per heavy atom. The summed E-state index contributed by atoms with van der Waals surface area (Å²) in [5.74, 6) is 0. The second-order valence-corrected chi connectivity index (χ2v) is 4.87. The molecule has 1 amide bonds. The maximum absolute atomic E-state index is 11.9. The van der Waals surface area contributed by atoms with E-state index in [1.807, 2.05) is 32.9 Å². The number of hydrogen-bond acceptors (Lipinski definition) is 3. The van der Waals surface area contributed by atoms with Crippen LogP contribution in [0.3, 0.4) is 0 Å². The van der Waals surface area contributed by atoms with Crippen molar-refractivity contribution in [3.8, 4) is 0 Å². The van der Waals surface area contributed by atoms with Crippen LogP contribution in [0.4, 0.5) is 4.79 Å². The van der Waals surface area contributed by atoms with Gasteiger partial charge in [-0.2, -0.15) is 0 Å². The molecule has 0 saturated carbocycles. The third-order valence-corrected chi connectivity index (χ3v) is 2.28. The molecule has 1 rings (SSSR count). The fraction of sp³-hybridized carbons (Fsp3) is 0.727. The van der Waals surface area contributed by atoms with Gasteiger partial charge in [-0.15, -0.1) is 0 Å². The van der Waals surface area contributed by atoms with Crippen LogP contribution in [0.15, 0.2) is 17.3 Å². The molecular formula is C11H18N4O2. The zero-order valence-corrected chi connectivity index (χ0v) is 10.5. The zero-order valence-electron chi connectivity index (χ0n) is 10.5. The topological polar surface area (TPSA) is 78.3 Å². The highest BCUT2D eigenvalue weighted by Gasteiger charge is 2.28. The van der Waals surface area contributed by atoms with Gasteiger partial charge in [0, 0.05) is 18.0 Å². The first kappa shape index (κ1) is 13.4. The van der Waals surface area contributed by atoms with E-state index in [1.165, 1.54) is 0 Å². The van der Waals surface area contributed by atoms with Crippen molar-refractivity contribution in [3.63, 3.8) is 0 Å². The molecule has 0 aromatic rings. The zero-order chi connectivity index (χ0) is 12.9. The second kappa shape index (κ2) is 5.59. The SMILES string of the molecule is CC(C)(C)OC(=O)N1CC=CC1CCN=[N+]=[N-]. The van der Waals surface area contributed by atoms with Gasteiger partial charge >= 0.3 is 6.09 Å². The molecule has 0 aromatic heterocycles. The monoisotopic (exact) mass is 238 g/mol. The van der Waals surface area contributed by atoms with Crippen molar-refractivity contribution in [2.75, 3.05) is 13.1 Å². The lowest BCUT2D eigenvalue weighted by Gasteiger charge is -2.28. The molecule has 6 heteroatoms. The first-order valence-electron chi connectivity index (χ1n) is 5.61. The number of carbonyl (C=O) groups excluding carboxylic acids is 1. The third-order valence-electron chi connectivity index (χ3n) is 2.28. The minimum Gasteiger partial charge on any atom is -0.444 e. The molecule has 94 valence electrons. The van der Waals surface area contributed by atoms with Gasteiger partial charge in [0.15, 0.2) is 0 Å². The number of hydrogen-bond donors (Lipinski definition) is 0. The highest BCUT2D eigenvalue weighted by atomic mass is 16.6. The lowest BCUT2D eigenvalue weighted by molar-refractivity contribution is 0.0238. The molecule has 1 heterocycles. The van der Waals surface area contributed by atoms with Crippen LogP contribution >= 0.6 is 0 Å². The lowest BCUT2D eigenvalue weighted by atomic mass is 10.2. The molecule has 0 saturated heterocycles. The van der Waals surface area contributed by atoms with E-state index in [0.717, 1.165) is 0 Å². The molecule has 1 aliphatic rings. The minimum absolute atomic E-state index is 0.0321. The van der Waals surface area contributed by atoms with E-state index in [0.29, 0.717) is 19.5 Å². The standard InChI is InChI=1S/C11H18N4O2/c1-11(2,3)17-10(16)15-8-4-5-9(15)6-7-13-14-12/h4-5,9H,6-8H2,1-3H3. The van der Waals surface area contributed by atoms with Crippen molar-refractivity contribution in [2.45, 2.75) is 38.8 Å². The number of rotatable bonds is 3. The van der Waals surface area contributed by atoms with Crippen molar-refractivity contribution >= 4 is 6.09 Å². The molecule has 0 aromatic carbocycles. The van der Waals surface area contributed by atoms with Crippen molar-refractivity contribution in [1.82, 2.24) is 4.90 Å². The van der Waals surface area contributed by atoms with Gasteiger partial charge in [-0.1, -0.05) is 17.3 Å². The van der Waals surface area contributed by atoms with Crippen LogP contribution in [0.25, 0.3) is 10.4 Å². The van der Waals surface area contributed by atoms with E-state index in [4.69, 9.17) is 10.3 Å². The molecule has 0 fully saturated rings. The van der Waals surface area contributed by atoms with Gasteiger partial charge in [0.25, 0.3) is 0 Å². The fourth-order valence-corrected chi connectivity index (χ4v) is 1.59. The average Bonchev–Trinajstić information content (AvgIpc) is 2.64. The Labute approximate surface area is 101 Å². The number of azide groups is 1.